The van der Waals surface area contributed by atoms with Gasteiger partial charge in [-0.2, -0.15) is 0 Å². The summed E-state index contributed by atoms with van der Waals surface area (Å²) in [6, 6.07) is 6.48. The number of nitrogens with one attached hydrogen (secondary N) is 1. The molecule has 1 aromatic rings. The van der Waals surface area contributed by atoms with Crippen LogP contribution in [0.25, 0.3) is 0 Å². The Hall–Kier alpha value is -1.04. The van der Waals surface area contributed by atoms with E-state index in [1.807, 2.05) is 6.07 Å². The molecule has 0 saturated carbocycles. The molecular weight excluding hydrogens is 252 g/mol. The van der Waals surface area contributed by atoms with E-state index in [9.17, 15) is 8.78 Å². The highest BCUT2D eigenvalue weighted by Crippen LogP contribution is 2.19. The van der Waals surface area contributed by atoms with E-state index in [1.54, 1.807) is 13.2 Å². The first-order valence-electron chi connectivity index (χ1n) is 6.38. The normalized spacial score (nSPS) is 11.2. The van der Waals surface area contributed by atoms with Crippen LogP contribution >= 0.6 is 0 Å². The lowest BCUT2D eigenvalue weighted by Gasteiger charge is -2.07. The molecule has 0 aliphatic carbocycles. The fourth-order valence-electron chi connectivity index (χ4n) is 1.62. The van der Waals surface area contributed by atoms with Gasteiger partial charge in [-0.05, 0) is 24.6 Å². The Kier molecular flexibility index (Phi) is 8.29. The van der Waals surface area contributed by atoms with Gasteiger partial charge in [0.25, 0.3) is 6.43 Å². The lowest BCUT2D eigenvalue weighted by atomic mass is 10.1. The van der Waals surface area contributed by atoms with Crippen molar-refractivity contribution in [3.8, 4) is 0 Å². The summed E-state index contributed by atoms with van der Waals surface area (Å²) < 4.78 is 35.1. The molecule has 0 saturated heterocycles. The van der Waals surface area contributed by atoms with Crippen LogP contribution in [0, 0.1) is 0 Å². The second kappa shape index (κ2) is 9.83. The van der Waals surface area contributed by atoms with Crippen molar-refractivity contribution in [2.45, 2.75) is 19.4 Å². The molecule has 19 heavy (non-hydrogen) atoms. The summed E-state index contributed by atoms with van der Waals surface area (Å²) in [7, 11) is 1.64. The van der Waals surface area contributed by atoms with Crippen LogP contribution in [-0.4, -0.2) is 33.5 Å². The summed E-state index contributed by atoms with van der Waals surface area (Å²) in [5.74, 6) is 0. The van der Waals surface area contributed by atoms with Gasteiger partial charge in [-0.25, -0.2) is 8.78 Å². The predicted octanol–water partition coefficient (Wildman–Crippen LogP) is 2.77. The molecule has 0 heterocycles. The van der Waals surface area contributed by atoms with Crippen LogP contribution in [0.4, 0.5) is 8.78 Å². The third kappa shape index (κ3) is 7.20. The van der Waals surface area contributed by atoms with E-state index < -0.39 is 6.43 Å². The van der Waals surface area contributed by atoms with Crippen molar-refractivity contribution >= 4 is 0 Å². The summed E-state index contributed by atoms with van der Waals surface area (Å²) in [6.07, 6.45) is -1.52. The minimum atomic E-state index is -2.41. The number of alkyl halides is 2. The molecular formula is C14H21F2NO2. The molecule has 3 nitrogen and oxygen atoms in total. The summed E-state index contributed by atoms with van der Waals surface area (Å²) in [4.78, 5) is 0. The topological polar surface area (TPSA) is 30.5 Å². The first-order chi connectivity index (χ1) is 9.24. The molecule has 0 radical (unpaired) electrons. The maximum atomic E-state index is 12.5. The van der Waals surface area contributed by atoms with Crippen molar-refractivity contribution in [2.24, 2.45) is 0 Å². The van der Waals surface area contributed by atoms with Crippen LogP contribution in [0.1, 0.15) is 24.0 Å². The van der Waals surface area contributed by atoms with Crippen LogP contribution in [0.5, 0.6) is 0 Å². The van der Waals surface area contributed by atoms with Gasteiger partial charge in [0.1, 0.15) is 0 Å². The van der Waals surface area contributed by atoms with Crippen LogP contribution < -0.4 is 5.32 Å². The Bertz CT molecular complexity index is 348. The standard InChI is InChI=1S/C14H21F2NO2/c1-18-8-9-19-7-3-6-17-11-12-4-2-5-13(10-12)14(15)16/h2,4-5,10,14,17H,3,6-9,11H2,1H3. The van der Waals surface area contributed by atoms with Gasteiger partial charge in [0, 0.05) is 25.8 Å². The van der Waals surface area contributed by atoms with Crippen molar-refractivity contribution in [2.75, 3.05) is 33.5 Å². The van der Waals surface area contributed by atoms with Crippen molar-refractivity contribution in [3.63, 3.8) is 0 Å². The Morgan fingerprint density at radius 1 is 1.21 bits per heavy atom. The van der Waals surface area contributed by atoms with E-state index >= 15 is 0 Å². The molecule has 0 aliphatic rings. The molecule has 0 fully saturated rings. The van der Waals surface area contributed by atoms with E-state index in [2.05, 4.69) is 5.32 Å². The van der Waals surface area contributed by atoms with E-state index in [-0.39, 0.29) is 5.56 Å². The monoisotopic (exact) mass is 273 g/mol. The quantitative estimate of drug-likeness (QED) is 0.665. The van der Waals surface area contributed by atoms with Gasteiger partial charge in [0.15, 0.2) is 0 Å². The number of rotatable bonds is 10. The van der Waals surface area contributed by atoms with Gasteiger partial charge < -0.3 is 14.8 Å². The molecule has 0 spiro atoms. The van der Waals surface area contributed by atoms with E-state index in [0.717, 1.165) is 18.5 Å². The SMILES string of the molecule is COCCOCCCNCc1cccc(C(F)F)c1. The third-order valence-corrected chi connectivity index (χ3v) is 2.61. The lowest BCUT2D eigenvalue weighted by molar-refractivity contribution is 0.0695. The van der Waals surface area contributed by atoms with E-state index in [0.29, 0.717) is 26.4 Å². The fraction of sp³-hybridized carbons (Fsp3) is 0.571. The second-order valence-electron chi connectivity index (χ2n) is 4.18. The van der Waals surface area contributed by atoms with Crippen LogP contribution in [-0.2, 0) is 16.0 Å². The maximum Gasteiger partial charge on any atom is 0.263 e. The molecule has 0 aliphatic heterocycles. The molecule has 0 amide bonds. The molecule has 1 N–H and O–H groups in total. The van der Waals surface area contributed by atoms with Crippen molar-refractivity contribution < 1.29 is 18.3 Å². The Morgan fingerprint density at radius 3 is 2.79 bits per heavy atom. The molecule has 1 aromatic carbocycles. The summed E-state index contributed by atoms with van der Waals surface area (Å²) in [5, 5.41) is 3.20. The Morgan fingerprint density at radius 2 is 2.05 bits per heavy atom. The van der Waals surface area contributed by atoms with Gasteiger partial charge in [-0.1, -0.05) is 18.2 Å². The molecule has 0 atom stereocenters. The maximum absolute atomic E-state index is 12.5. The number of halogens is 2. The average Bonchev–Trinajstić information content (AvgIpc) is 2.42. The van der Waals surface area contributed by atoms with E-state index in [1.165, 1.54) is 12.1 Å². The molecule has 5 heteroatoms. The molecule has 0 bridgehead atoms. The van der Waals surface area contributed by atoms with Gasteiger partial charge in [0.05, 0.1) is 13.2 Å². The molecule has 1 rings (SSSR count). The summed E-state index contributed by atoms with van der Waals surface area (Å²) in [6.45, 7) is 3.28. The largest absolute Gasteiger partial charge is 0.382 e. The first kappa shape index (κ1) is 16.0. The first-order valence-corrected chi connectivity index (χ1v) is 6.38. The van der Waals surface area contributed by atoms with Crippen LogP contribution in [0.3, 0.4) is 0 Å². The zero-order valence-electron chi connectivity index (χ0n) is 11.2. The minimum Gasteiger partial charge on any atom is -0.382 e. The number of hydrogen-bond acceptors (Lipinski definition) is 3. The third-order valence-electron chi connectivity index (χ3n) is 2.61. The van der Waals surface area contributed by atoms with Crippen molar-refractivity contribution in [3.05, 3.63) is 35.4 Å². The van der Waals surface area contributed by atoms with Gasteiger partial charge in [0.2, 0.25) is 0 Å². The lowest BCUT2D eigenvalue weighted by Crippen LogP contribution is -2.17. The van der Waals surface area contributed by atoms with Gasteiger partial charge >= 0.3 is 0 Å². The minimum absolute atomic E-state index is 0.0715. The summed E-state index contributed by atoms with van der Waals surface area (Å²) >= 11 is 0. The van der Waals surface area contributed by atoms with Crippen LogP contribution in [0.15, 0.2) is 24.3 Å². The highest BCUT2D eigenvalue weighted by Gasteiger charge is 2.06. The number of hydrogen-bond donors (Lipinski definition) is 1. The number of ether oxygens (including phenoxy) is 2. The Balaban J connectivity index is 2.10. The fourth-order valence-corrected chi connectivity index (χ4v) is 1.62. The van der Waals surface area contributed by atoms with Gasteiger partial charge in [-0.15, -0.1) is 0 Å². The predicted molar refractivity (Wildman–Crippen MR) is 70.4 cm³/mol. The smallest absolute Gasteiger partial charge is 0.263 e. The highest BCUT2D eigenvalue weighted by atomic mass is 19.3. The highest BCUT2D eigenvalue weighted by molar-refractivity contribution is 5.24. The van der Waals surface area contributed by atoms with Crippen LogP contribution in [0.2, 0.25) is 0 Å². The Labute approximate surface area is 112 Å². The zero-order chi connectivity index (χ0) is 13.9. The number of benzene rings is 1. The van der Waals surface area contributed by atoms with Crippen molar-refractivity contribution in [1.82, 2.24) is 5.32 Å². The van der Waals surface area contributed by atoms with Crippen molar-refractivity contribution in [1.29, 1.82) is 0 Å². The molecule has 0 unspecified atom stereocenters. The molecule has 108 valence electrons. The summed E-state index contributed by atoms with van der Waals surface area (Å²) in [5.41, 5.74) is 0.945. The van der Waals surface area contributed by atoms with E-state index in [4.69, 9.17) is 9.47 Å². The average molecular weight is 273 g/mol. The van der Waals surface area contributed by atoms with Gasteiger partial charge in [-0.3, -0.25) is 0 Å². The zero-order valence-corrected chi connectivity index (χ0v) is 11.2. The molecule has 0 aromatic heterocycles. The second-order valence-corrected chi connectivity index (χ2v) is 4.18. The number of methoxy groups -OCH3 is 1.